The molecule has 0 aromatic carbocycles. The van der Waals surface area contributed by atoms with E-state index in [9.17, 15) is 9.59 Å². The molecule has 6 N–H and O–H groups in total. The van der Waals surface area contributed by atoms with Crippen molar-refractivity contribution in [3.05, 3.63) is 0 Å². The third kappa shape index (κ3) is 19.3. The molecule has 0 aliphatic heterocycles. The van der Waals surface area contributed by atoms with Crippen LogP contribution in [-0.4, -0.2) is 68.0 Å². The number of carboxylic acid groups (broad SMARTS) is 2. The van der Waals surface area contributed by atoms with Gasteiger partial charge in [0.05, 0.1) is 25.4 Å². The number of carbonyl (C=O) groups is 2. The molecule has 0 spiro atoms. The van der Waals surface area contributed by atoms with Crippen LogP contribution >= 0.6 is 0 Å². The maximum Gasteiger partial charge on any atom is 0.303 e. The molecular weight excluding hydrogens is 260 g/mol. The summed E-state index contributed by atoms with van der Waals surface area (Å²) in [6.45, 7) is -0.756. The molecule has 0 bridgehead atoms. The lowest BCUT2D eigenvalue weighted by molar-refractivity contribution is -0.139. The lowest BCUT2D eigenvalue weighted by Crippen LogP contribution is -2.23. The predicted octanol–water partition coefficient (Wildman–Crippen LogP) is -1.20. The van der Waals surface area contributed by atoms with Crippen molar-refractivity contribution in [1.29, 1.82) is 0 Å². The maximum absolute atomic E-state index is 9.90. The summed E-state index contributed by atoms with van der Waals surface area (Å²) in [6.07, 6.45) is -0.809. The first-order valence-corrected chi connectivity index (χ1v) is 5.84. The largest absolute Gasteiger partial charge is 0.481 e. The second kappa shape index (κ2) is 13.2. The van der Waals surface area contributed by atoms with Gasteiger partial charge in [-0.15, -0.1) is 0 Å². The van der Waals surface area contributed by atoms with E-state index < -0.39 is 24.1 Å². The van der Waals surface area contributed by atoms with E-state index in [1.807, 2.05) is 0 Å². The average Bonchev–Trinajstić information content (AvgIpc) is 2.34. The van der Waals surface area contributed by atoms with E-state index in [2.05, 4.69) is 0 Å². The van der Waals surface area contributed by atoms with Gasteiger partial charge in [0.1, 0.15) is 0 Å². The fourth-order valence-electron chi connectivity index (χ4n) is 1.02. The molecule has 0 amide bonds. The Kier molecular flexibility index (Phi) is 14.0. The molecule has 0 fully saturated rings. The van der Waals surface area contributed by atoms with E-state index in [1.54, 1.807) is 0 Å². The molecule has 0 aliphatic rings. The number of carboxylic acids is 2. The fourth-order valence-corrected chi connectivity index (χ4v) is 1.02. The predicted molar refractivity (Wildman–Crippen MR) is 64.5 cm³/mol. The second-order valence-corrected chi connectivity index (χ2v) is 3.90. The second-order valence-electron chi connectivity index (χ2n) is 3.90. The van der Waals surface area contributed by atoms with Crippen molar-refractivity contribution in [1.82, 2.24) is 0 Å². The topological polar surface area (TPSA) is 156 Å². The summed E-state index contributed by atoms with van der Waals surface area (Å²) in [6, 6.07) is 0. The van der Waals surface area contributed by atoms with Crippen molar-refractivity contribution < 1.29 is 40.2 Å². The van der Waals surface area contributed by atoms with Gasteiger partial charge >= 0.3 is 11.9 Å². The minimum Gasteiger partial charge on any atom is -0.481 e. The van der Waals surface area contributed by atoms with Crippen molar-refractivity contribution in [2.75, 3.05) is 13.2 Å². The lowest BCUT2D eigenvalue weighted by atomic mass is 10.2. The van der Waals surface area contributed by atoms with Gasteiger partial charge in [-0.1, -0.05) is 0 Å². The van der Waals surface area contributed by atoms with Crippen LogP contribution in [-0.2, 0) is 9.59 Å². The van der Waals surface area contributed by atoms with Gasteiger partial charge in [0.2, 0.25) is 0 Å². The van der Waals surface area contributed by atoms with Crippen LogP contribution in [0.1, 0.15) is 32.1 Å². The molecular formula is C11H22O8. The highest BCUT2D eigenvalue weighted by Crippen LogP contribution is 1.98. The zero-order valence-electron chi connectivity index (χ0n) is 10.6. The van der Waals surface area contributed by atoms with Crippen LogP contribution in [0.5, 0.6) is 0 Å². The Morgan fingerprint density at radius 1 is 0.789 bits per heavy atom. The molecule has 0 rings (SSSR count). The van der Waals surface area contributed by atoms with E-state index in [4.69, 9.17) is 30.6 Å². The number of hydrogen-bond donors (Lipinski definition) is 6. The summed E-state index contributed by atoms with van der Waals surface area (Å²) in [5.74, 6) is -1.74. The quantitative estimate of drug-likeness (QED) is 0.288. The fraction of sp³-hybridized carbons (Fsp3) is 0.818. The molecule has 0 saturated carbocycles. The molecule has 0 aromatic rings. The molecule has 19 heavy (non-hydrogen) atoms. The van der Waals surface area contributed by atoms with Crippen molar-refractivity contribution in [2.24, 2.45) is 0 Å². The van der Waals surface area contributed by atoms with Gasteiger partial charge in [-0.05, 0) is 12.8 Å². The van der Waals surface area contributed by atoms with Crippen LogP contribution in [0.15, 0.2) is 0 Å². The monoisotopic (exact) mass is 282 g/mol. The van der Waals surface area contributed by atoms with Gasteiger partial charge in [-0.25, -0.2) is 0 Å². The van der Waals surface area contributed by atoms with E-state index in [1.165, 1.54) is 0 Å². The lowest BCUT2D eigenvalue weighted by Gasteiger charge is -2.09. The Bertz CT molecular complexity index is 219. The Morgan fingerprint density at radius 3 is 1.32 bits per heavy atom. The van der Waals surface area contributed by atoms with Gasteiger partial charge in [-0.2, -0.15) is 0 Å². The van der Waals surface area contributed by atoms with Crippen molar-refractivity contribution >= 4 is 11.9 Å². The highest BCUT2D eigenvalue weighted by molar-refractivity contribution is 5.67. The van der Waals surface area contributed by atoms with Crippen molar-refractivity contribution in [3.8, 4) is 0 Å². The minimum atomic E-state index is -0.924. The zero-order valence-corrected chi connectivity index (χ0v) is 10.6. The van der Waals surface area contributed by atoms with Crippen LogP contribution in [0.25, 0.3) is 0 Å². The van der Waals surface area contributed by atoms with Gasteiger partial charge in [0, 0.05) is 19.3 Å². The van der Waals surface area contributed by atoms with Crippen LogP contribution in [0.2, 0.25) is 0 Å². The Balaban J connectivity index is 0. The number of unbranched alkanes of at least 4 members (excludes halogenated alkanes) is 1. The van der Waals surface area contributed by atoms with Crippen LogP contribution < -0.4 is 0 Å². The summed E-state index contributed by atoms with van der Waals surface area (Å²) in [5, 5.41) is 50.0. The molecule has 2 atom stereocenters. The molecule has 0 aliphatic carbocycles. The Morgan fingerprint density at radius 2 is 1.11 bits per heavy atom. The third-order valence-corrected chi connectivity index (χ3v) is 2.00. The molecule has 114 valence electrons. The van der Waals surface area contributed by atoms with Crippen LogP contribution in [0, 0.1) is 0 Å². The molecule has 8 heteroatoms. The molecule has 2 unspecified atom stereocenters. The van der Waals surface area contributed by atoms with Gasteiger partial charge in [0.15, 0.2) is 0 Å². The Labute approximate surface area is 110 Å². The van der Waals surface area contributed by atoms with Crippen molar-refractivity contribution in [3.63, 3.8) is 0 Å². The average molecular weight is 282 g/mol. The normalized spacial score (nSPS) is 13.1. The molecule has 0 heterocycles. The van der Waals surface area contributed by atoms with Crippen molar-refractivity contribution in [2.45, 2.75) is 44.3 Å². The SMILES string of the molecule is O=C(O)CCCCC(=O)O.OCC(O)CC(O)CO. The maximum atomic E-state index is 9.90. The summed E-state index contributed by atoms with van der Waals surface area (Å²) in [5.41, 5.74) is 0. The van der Waals surface area contributed by atoms with Gasteiger partial charge < -0.3 is 30.6 Å². The molecule has 8 nitrogen and oxygen atoms in total. The minimum absolute atomic E-state index is 0.0208. The Hall–Kier alpha value is -1.22. The number of rotatable bonds is 9. The van der Waals surface area contributed by atoms with Gasteiger partial charge in [-0.3, -0.25) is 9.59 Å². The molecule has 0 radical (unpaired) electrons. The highest BCUT2D eigenvalue weighted by Gasteiger charge is 2.08. The van der Waals surface area contributed by atoms with Crippen LogP contribution in [0.4, 0.5) is 0 Å². The van der Waals surface area contributed by atoms with E-state index in [0.717, 1.165) is 0 Å². The molecule has 0 saturated heterocycles. The van der Waals surface area contributed by atoms with E-state index in [0.29, 0.717) is 12.8 Å². The van der Waals surface area contributed by atoms with Gasteiger partial charge in [0.25, 0.3) is 0 Å². The number of hydrogen-bond acceptors (Lipinski definition) is 6. The first-order chi connectivity index (χ1) is 8.83. The summed E-state index contributed by atoms with van der Waals surface area (Å²) in [7, 11) is 0. The smallest absolute Gasteiger partial charge is 0.303 e. The van der Waals surface area contributed by atoms with E-state index in [-0.39, 0.29) is 32.5 Å². The summed E-state index contributed by atoms with van der Waals surface area (Å²) in [4.78, 5) is 19.8. The number of aliphatic carboxylic acids is 2. The molecule has 0 aromatic heterocycles. The first-order valence-electron chi connectivity index (χ1n) is 5.84. The van der Waals surface area contributed by atoms with Crippen LogP contribution in [0.3, 0.4) is 0 Å². The van der Waals surface area contributed by atoms with E-state index >= 15 is 0 Å². The number of aliphatic hydroxyl groups excluding tert-OH is 4. The summed E-state index contributed by atoms with van der Waals surface area (Å²) >= 11 is 0. The first kappa shape index (κ1) is 20.1. The third-order valence-electron chi connectivity index (χ3n) is 2.00. The zero-order chi connectivity index (χ0) is 15.3. The highest BCUT2D eigenvalue weighted by atomic mass is 16.4. The summed E-state index contributed by atoms with van der Waals surface area (Å²) < 4.78 is 0. The number of aliphatic hydroxyl groups is 4. The standard InChI is InChI=1S/C6H10O4.C5H12O4/c7-5(8)3-1-2-4-6(9)10;6-2-4(8)1-5(9)3-7/h1-4H2,(H,7,8)(H,9,10);4-9H,1-3H2.